The summed E-state index contributed by atoms with van der Waals surface area (Å²) in [5.74, 6) is 1.73. The van der Waals surface area contributed by atoms with Crippen LogP contribution in [0.2, 0.25) is 0 Å². The maximum absolute atomic E-state index is 11.0. The van der Waals surface area contributed by atoms with E-state index in [4.69, 9.17) is 6.42 Å². The first-order valence-electron chi connectivity index (χ1n) is 3.12. The van der Waals surface area contributed by atoms with Crippen LogP contribution in [0.3, 0.4) is 0 Å². The quantitative estimate of drug-likeness (QED) is 0.332. The number of thiol groups is 1. The summed E-state index contributed by atoms with van der Waals surface area (Å²) >= 11 is 3.92. The zero-order valence-electron chi connectivity index (χ0n) is 5.78. The molecule has 0 saturated carbocycles. The van der Waals surface area contributed by atoms with Crippen LogP contribution in [0.25, 0.3) is 0 Å². The maximum Gasteiger partial charge on any atom is 0.243 e. The molecule has 0 radical (unpaired) electrons. The van der Waals surface area contributed by atoms with Crippen molar-refractivity contribution in [2.75, 3.05) is 6.54 Å². The molecule has 1 rings (SSSR count). The predicted octanol–water partition coefficient (Wildman–Crippen LogP) is -0.323. The van der Waals surface area contributed by atoms with E-state index < -0.39 is 5.25 Å². The maximum atomic E-state index is 11.0. The number of amides is 2. The predicted molar refractivity (Wildman–Crippen MR) is 42.9 cm³/mol. The summed E-state index contributed by atoms with van der Waals surface area (Å²) in [5.41, 5.74) is 0. The molecule has 1 unspecified atom stereocenters. The van der Waals surface area contributed by atoms with Gasteiger partial charge in [0.2, 0.25) is 11.8 Å². The lowest BCUT2D eigenvalue weighted by Crippen LogP contribution is -2.31. The highest BCUT2D eigenvalue weighted by molar-refractivity contribution is 7.81. The summed E-state index contributed by atoms with van der Waals surface area (Å²) in [4.78, 5) is 23.0. The fourth-order valence-electron chi connectivity index (χ4n) is 0.923. The normalized spacial score (nSPS) is 24.0. The van der Waals surface area contributed by atoms with Gasteiger partial charge in [-0.2, -0.15) is 12.6 Å². The molecule has 11 heavy (non-hydrogen) atoms. The van der Waals surface area contributed by atoms with Crippen LogP contribution < -0.4 is 0 Å². The van der Waals surface area contributed by atoms with Crippen molar-refractivity contribution in [2.24, 2.45) is 0 Å². The van der Waals surface area contributed by atoms with Crippen LogP contribution in [-0.2, 0) is 9.59 Å². The molecule has 0 aliphatic carbocycles. The van der Waals surface area contributed by atoms with Crippen molar-refractivity contribution in [3.8, 4) is 12.3 Å². The molecule has 0 N–H and O–H groups in total. The average molecular weight is 169 g/mol. The molecular formula is C7H7NO2S. The highest BCUT2D eigenvalue weighted by atomic mass is 32.1. The van der Waals surface area contributed by atoms with Gasteiger partial charge in [-0.05, 0) is 0 Å². The third-order valence-electron chi connectivity index (χ3n) is 1.47. The van der Waals surface area contributed by atoms with Gasteiger partial charge in [0.1, 0.15) is 0 Å². The van der Waals surface area contributed by atoms with E-state index in [1.54, 1.807) is 0 Å². The van der Waals surface area contributed by atoms with Crippen molar-refractivity contribution in [2.45, 2.75) is 11.7 Å². The molecule has 1 aliphatic heterocycles. The molecule has 1 saturated heterocycles. The fraction of sp³-hybridized carbons (Fsp3) is 0.429. The Morgan fingerprint density at radius 2 is 2.36 bits per heavy atom. The number of hydrogen-bond acceptors (Lipinski definition) is 3. The molecule has 0 aromatic carbocycles. The summed E-state index contributed by atoms with van der Waals surface area (Å²) in [6, 6.07) is 0. The van der Waals surface area contributed by atoms with Gasteiger partial charge < -0.3 is 0 Å². The zero-order chi connectivity index (χ0) is 8.43. The Hall–Kier alpha value is -0.950. The van der Waals surface area contributed by atoms with Crippen molar-refractivity contribution in [1.29, 1.82) is 0 Å². The molecule has 0 aromatic heterocycles. The Morgan fingerprint density at radius 3 is 2.73 bits per heavy atom. The molecule has 1 fully saturated rings. The van der Waals surface area contributed by atoms with E-state index in [2.05, 4.69) is 18.5 Å². The minimum Gasteiger partial charge on any atom is -0.274 e. The summed E-state index contributed by atoms with van der Waals surface area (Å²) in [5, 5.41) is -0.490. The van der Waals surface area contributed by atoms with Gasteiger partial charge in [0.25, 0.3) is 0 Å². The average Bonchev–Trinajstić information content (AvgIpc) is 2.17. The minimum atomic E-state index is -0.490. The Bertz CT molecular complexity index is 243. The van der Waals surface area contributed by atoms with Gasteiger partial charge in [0.15, 0.2) is 0 Å². The van der Waals surface area contributed by atoms with Gasteiger partial charge in [-0.1, -0.05) is 5.92 Å². The van der Waals surface area contributed by atoms with Crippen LogP contribution in [0.1, 0.15) is 6.42 Å². The Kier molecular flexibility index (Phi) is 2.20. The molecule has 2 amide bonds. The van der Waals surface area contributed by atoms with Crippen LogP contribution in [-0.4, -0.2) is 28.5 Å². The number of imide groups is 1. The van der Waals surface area contributed by atoms with Crippen molar-refractivity contribution in [3.63, 3.8) is 0 Å². The number of nitrogens with zero attached hydrogens (tertiary/aromatic N) is 1. The van der Waals surface area contributed by atoms with Crippen LogP contribution in [0.15, 0.2) is 0 Å². The Labute approximate surface area is 70.2 Å². The molecule has 0 aromatic rings. The largest absolute Gasteiger partial charge is 0.274 e. The number of likely N-dealkylation sites (tertiary alicyclic amines) is 1. The van der Waals surface area contributed by atoms with Gasteiger partial charge in [-0.15, -0.1) is 6.42 Å². The molecule has 4 heteroatoms. The number of terminal acetylenes is 1. The fourth-order valence-corrected chi connectivity index (χ4v) is 1.22. The minimum absolute atomic E-state index is 0.0642. The van der Waals surface area contributed by atoms with Crippen LogP contribution in [0.5, 0.6) is 0 Å². The summed E-state index contributed by atoms with van der Waals surface area (Å²) in [6.07, 6.45) is 5.13. The SMILES string of the molecule is C#CCN1C(=O)CC(S)C1=O. The van der Waals surface area contributed by atoms with E-state index in [1.165, 1.54) is 0 Å². The van der Waals surface area contributed by atoms with E-state index >= 15 is 0 Å². The van der Waals surface area contributed by atoms with Crippen LogP contribution in [0, 0.1) is 12.3 Å². The van der Waals surface area contributed by atoms with Gasteiger partial charge in [-0.25, -0.2) is 0 Å². The number of carbonyl (C=O) groups excluding carboxylic acids is 2. The molecule has 58 valence electrons. The third kappa shape index (κ3) is 1.38. The highest BCUT2D eigenvalue weighted by Gasteiger charge is 2.35. The van der Waals surface area contributed by atoms with Crippen LogP contribution in [0.4, 0.5) is 0 Å². The number of rotatable bonds is 1. The molecule has 0 spiro atoms. The van der Waals surface area contributed by atoms with E-state index in [1.807, 2.05) is 0 Å². The molecular weight excluding hydrogens is 162 g/mol. The first-order chi connectivity index (χ1) is 5.16. The monoisotopic (exact) mass is 169 g/mol. The van der Waals surface area contributed by atoms with Gasteiger partial charge in [-0.3, -0.25) is 14.5 Å². The lowest BCUT2D eigenvalue weighted by atomic mass is 10.4. The first-order valence-corrected chi connectivity index (χ1v) is 3.64. The van der Waals surface area contributed by atoms with E-state index in [-0.39, 0.29) is 24.8 Å². The van der Waals surface area contributed by atoms with Crippen molar-refractivity contribution in [1.82, 2.24) is 4.90 Å². The third-order valence-corrected chi connectivity index (χ3v) is 1.87. The standard InChI is InChI=1S/C7H7NO2S/c1-2-3-8-6(9)4-5(11)7(8)10/h1,5,11H,3-4H2. The summed E-state index contributed by atoms with van der Waals surface area (Å²) in [7, 11) is 0. The Morgan fingerprint density at radius 1 is 1.73 bits per heavy atom. The van der Waals surface area contributed by atoms with Crippen molar-refractivity contribution in [3.05, 3.63) is 0 Å². The summed E-state index contributed by atoms with van der Waals surface area (Å²) < 4.78 is 0. The van der Waals surface area contributed by atoms with Gasteiger partial charge in [0, 0.05) is 6.42 Å². The zero-order valence-corrected chi connectivity index (χ0v) is 6.67. The summed E-state index contributed by atoms with van der Waals surface area (Å²) in [6.45, 7) is 0.0642. The second-order valence-corrected chi connectivity index (χ2v) is 2.87. The number of carbonyl (C=O) groups is 2. The molecule has 3 nitrogen and oxygen atoms in total. The molecule has 1 heterocycles. The molecule has 0 bridgehead atoms. The van der Waals surface area contributed by atoms with Gasteiger partial charge in [0.05, 0.1) is 11.8 Å². The second-order valence-electron chi connectivity index (χ2n) is 2.24. The van der Waals surface area contributed by atoms with Crippen molar-refractivity contribution >= 4 is 24.4 Å². The molecule has 1 aliphatic rings. The Balaban J connectivity index is 2.73. The lowest BCUT2D eigenvalue weighted by molar-refractivity contribution is -0.137. The van der Waals surface area contributed by atoms with Crippen molar-refractivity contribution < 1.29 is 9.59 Å². The van der Waals surface area contributed by atoms with E-state index in [0.29, 0.717) is 0 Å². The smallest absolute Gasteiger partial charge is 0.243 e. The topological polar surface area (TPSA) is 37.4 Å². The first kappa shape index (κ1) is 8.15. The molecule has 1 atom stereocenters. The number of hydrogen-bond donors (Lipinski definition) is 1. The second kappa shape index (κ2) is 2.97. The van der Waals surface area contributed by atoms with Gasteiger partial charge >= 0.3 is 0 Å². The van der Waals surface area contributed by atoms with Crippen LogP contribution >= 0.6 is 12.6 Å². The van der Waals surface area contributed by atoms with E-state index in [0.717, 1.165) is 4.90 Å². The highest BCUT2D eigenvalue weighted by Crippen LogP contribution is 2.16. The lowest BCUT2D eigenvalue weighted by Gasteiger charge is -2.08. The van der Waals surface area contributed by atoms with E-state index in [9.17, 15) is 9.59 Å².